The number of non-ortho nitro benzene ring substituents is 1. The van der Waals surface area contributed by atoms with Gasteiger partial charge in [-0.3, -0.25) is 19.7 Å². The lowest BCUT2D eigenvalue weighted by molar-refractivity contribution is -0.384. The van der Waals surface area contributed by atoms with E-state index in [1.807, 2.05) is 0 Å². The normalized spacial score (nSPS) is 21.1. The number of nitro benzene ring substituents is 1. The first-order valence-electron chi connectivity index (χ1n) is 7.70. The molecule has 2 aromatic carbocycles. The zero-order valence-corrected chi connectivity index (χ0v) is 14.8. The summed E-state index contributed by atoms with van der Waals surface area (Å²) in [7, 11) is 0. The first-order chi connectivity index (χ1) is 12.9. The maximum atomic E-state index is 12.9. The standard InChI is InChI=1S/C17H9Cl2N3O5/c18-8-4-5-11(12(19)6-8)14-13-15(27-20-14)17(24)21(16(13)23)9-2-1-3-10(7-9)22(25)26/h1-7,13,15H/t13-,15-/m0/s1. The molecule has 0 aliphatic carbocycles. The topological polar surface area (TPSA) is 102 Å². The highest BCUT2D eigenvalue weighted by atomic mass is 35.5. The Morgan fingerprint density at radius 1 is 1.11 bits per heavy atom. The van der Waals surface area contributed by atoms with Crippen LogP contribution in [0.25, 0.3) is 0 Å². The smallest absolute Gasteiger partial charge is 0.278 e. The minimum atomic E-state index is -1.14. The summed E-state index contributed by atoms with van der Waals surface area (Å²) in [6.45, 7) is 0. The quantitative estimate of drug-likeness (QED) is 0.443. The Kier molecular flexibility index (Phi) is 4.09. The Bertz CT molecular complexity index is 1040. The SMILES string of the molecule is O=C1[C@H]2C(c3ccc(Cl)cc3Cl)=NO[C@@H]2C(=O)N1c1cccc([N+](=O)[O-])c1. The Morgan fingerprint density at radius 3 is 2.59 bits per heavy atom. The third-order valence-electron chi connectivity index (χ3n) is 4.32. The molecule has 0 spiro atoms. The van der Waals surface area contributed by atoms with Crippen molar-refractivity contribution < 1.29 is 19.3 Å². The zero-order chi connectivity index (χ0) is 19.3. The summed E-state index contributed by atoms with van der Waals surface area (Å²) in [5.41, 5.74) is 0.503. The molecule has 136 valence electrons. The number of imide groups is 1. The van der Waals surface area contributed by atoms with Crippen LogP contribution in [-0.4, -0.2) is 28.6 Å². The van der Waals surface area contributed by atoms with Crippen molar-refractivity contribution in [2.75, 3.05) is 4.90 Å². The molecule has 0 N–H and O–H groups in total. The zero-order valence-electron chi connectivity index (χ0n) is 13.3. The van der Waals surface area contributed by atoms with Gasteiger partial charge < -0.3 is 4.84 Å². The van der Waals surface area contributed by atoms with E-state index in [-0.39, 0.29) is 22.1 Å². The monoisotopic (exact) mass is 405 g/mol. The molecule has 2 aliphatic rings. The van der Waals surface area contributed by atoms with Crippen LogP contribution in [0.5, 0.6) is 0 Å². The predicted octanol–water partition coefficient (Wildman–Crippen LogP) is 3.19. The third-order valence-corrected chi connectivity index (χ3v) is 4.87. The fraction of sp³-hybridized carbons (Fsp3) is 0.118. The number of fused-ring (bicyclic) bond motifs is 1. The van der Waals surface area contributed by atoms with Gasteiger partial charge in [-0.25, -0.2) is 4.90 Å². The number of hydrogen-bond acceptors (Lipinski definition) is 6. The molecule has 0 aromatic heterocycles. The number of carbonyl (C=O) groups is 2. The van der Waals surface area contributed by atoms with Crippen LogP contribution in [0.2, 0.25) is 10.0 Å². The summed E-state index contributed by atoms with van der Waals surface area (Å²) in [4.78, 5) is 42.1. The van der Waals surface area contributed by atoms with Crippen molar-refractivity contribution in [1.82, 2.24) is 0 Å². The van der Waals surface area contributed by atoms with Crippen molar-refractivity contribution in [2.24, 2.45) is 11.1 Å². The fourth-order valence-corrected chi connectivity index (χ4v) is 3.60. The largest absolute Gasteiger partial charge is 0.381 e. The minimum Gasteiger partial charge on any atom is -0.381 e. The van der Waals surface area contributed by atoms with E-state index in [0.717, 1.165) is 11.0 Å². The van der Waals surface area contributed by atoms with Crippen LogP contribution in [0.3, 0.4) is 0 Å². The third kappa shape index (κ3) is 2.73. The predicted molar refractivity (Wildman–Crippen MR) is 97.0 cm³/mol. The average molecular weight is 406 g/mol. The molecule has 10 heteroatoms. The van der Waals surface area contributed by atoms with E-state index in [0.29, 0.717) is 10.6 Å². The van der Waals surface area contributed by atoms with Gasteiger partial charge >= 0.3 is 0 Å². The van der Waals surface area contributed by atoms with Crippen LogP contribution in [-0.2, 0) is 14.4 Å². The lowest BCUT2D eigenvalue weighted by Gasteiger charge is -2.15. The van der Waals surface area contributed by atoms with Crippen molar-refractivity contribution in [1.29, 1.82) is 0 Å². The number of rotatable bonds is 3. The van der Waals surface area contributed by atoms with E-state index >= 15 is 0 Å². The van der Waals surface area contributed by atoms with Gasteiger partial charge in [-0.2, -0.15) is 0 Å². The van der Waals surface area contributed by atoms with Gasteiger partial charge in [0.2, 0.25) is 12.0 Å². The number of nitrogens with zero attached hydrogens (tertiary/aromatic N) is 3. The molecule has 2 heterocycles. The number of nitro groups is 1. The number of anilines is 1. The number of benzene rings is 2. The Hall–Kier alpha value is -2.97. The Morgan fingerprint density at radius 2 is 1.89 bits per heavy atom. The first kappa shape index (κ1) is 17.4. The highest BCUT2D eigenvalue weighted by Crippen LogP contribution is 2.37. The van der Waals surface area contributed by atoms with Crippen molar-refractivity contribution in [3.05, 3.63) is 68.2 Å². The van der Waals surface area contributed by atoms with Gasteiger partial charge in [0.15, 0.2) is 0 Å². The van der Waals surface area contributed by atoms with Gasteiger partial charge in [0.25, 0.3) is 11.6 Å². The van der Waals surface area contributed by atoms with Crippen molar-refractivity contribution in [3.63, 3.8) is 0 Å². The minimum absolute atomic E-state index is 0.0961. The van der Waals surface area contributed by atoms with E-state index in [1.165, 1.54) is 24.3 Å². The molecule has 2 aliphatic heterocycles. The molecule has 1 fully saturated rings. The number of oxime groups is 1. The maximum Gasteiger partial charge on any atom is 0.278 e. The molecule has 1 saturated heterocycles. The lowest BCUT2D eigenvalue weighted by atomic mass is 9.94. The van der Waals surface area contributed by atoms with Crippen LogP contribution in [0.4, 0.5) is 11.4 Å². The van der Waals surface area contributed by atoms with E-state index in [4.69, 9.17) is 28.0 Å². The van der Waals surface area contributed by atoms with Crippen LogP contribution in [0.1, 0.15) is 5.56 Å². The molecule has 4 rings (SSSR count). The summed E-state index contributed by atoms with van der Waals surface area (Å²) in [6, 6.07) is 9.92. The Balaban J connectivity index is 1.72. The van der Waals surface area contributed by atoms with Crippen LogP contribution in [0.15, 0.2) is 47.6 Å². The van der Waals surface area contributed by atoms with Gasteiger partial charge in [-0.1, -0.05) is 40.5 Å². The van der Waals surface area contributed by atoms with E-state index in [9.17, 15) is 19.7 Å². The molecular formula is C17H9Cl2N3O5. The number of carbonyl (C=O) groups excluding carboxylic acids is 2. The molecular weight excluding hydrogens is 397 g/mol. The van der Waals surface area contributed by atoms with E-state index in [1.54, 1.807) is 12.1 Å². The van der Waals surface area contributed by atoms with Crippen molar-refractivity contribution in [2.45, 2.75) is 6.10 Å². The summed E-state index contributed by atoms with van der Waals surface area (Å²) in [6.07, 6.45) is -1.14. The van der Waals surface area contributed by atoms with Crippen molar-refractivity contribution in [3.8, 4) is 0 Å². The molecule has 0 radical (unpaired) electrons. The number of amides is 2. The van der Waals surface area contributed by atoms with Gasteiger partial charge in [-0.05, 0) is 18.2 Å². The number of hydrogen-bond donors (Lipinski definition) is 0. The molecule has 2 amide bonds. The van der Waals surface area contributed by atoms with Gasteiger partial charge in [0.05, 0.1) is 15.6 Å². The second-order valence-corrected chi connectivity index (χ2v) is 6.74. The van der Waals surface area contributed by atoms with Gasteiger partial charge in [0, 0.05) is 22.7 Å². The summed E-state index contributed by atoms with van der Waals surface area (Å²) < 4.78 is 0. The summed E-state index contributed by atoms with van der Waals surface area (Å²) >= 11 is 12.1. The van der Waals surface area contributed by atoms with Gasteiger partial charge in [-0.15, -0.1) is 0 Å². The first-order valence-corrected chi connectivity index (χ1v) is 8.45. The van der Waals surface area contributed by atoms with E-state index < -0.39 is 28.8 Å². The highest BCUT2D eigenvalue weighted by molar-refractivity contribution is 6.39. The molecule has 2 atom stereocenters. The Labute approximate surface area is 162 Å². The van der Waals surface area contributed by atoms with Crippen LogP contribution in [0, 0.1) is 16.0 Å². The lowest BCUT2D eigenvalue weighted by Crippen LogP contribution is -2.33. The van der Waals surface area contributed by atoms with Gasteiger partial charge in [0.1, 0.15) is 11.6 Å². The second-order valence-electron chi connectivity index (χ2n) is 5.89. The average Bonchev–Trinajstić information content (AvgIpc) is 3.16. The molecule has 2 aromatic rings. The fourth-order valence-electron chi connectivity index (χ4n) is 3.10. The molecule has 0 bridgehead atoms. The molecule has 8 nitrogen and oxygen atoms in total. The van der Waals surface area contributed by atoms with Crippen molar-refractivity contribution >= 4 is 52.1 Å². The summed E-state index contributed by atoms with van der Waals surface area (Å²) in [5, 5.41) is 15.5. The van der Waals surface area contributed by atoms with E-state index in [2.05, 4.69) is 5.16 Å². The van der Waals surface area contributed by atoms with Crippen LogP contribution >= 0.6 is 23.2 Å². The number of halogens is 2. The van der Waals surface area contributed by atoms with Crippen LogP contribution < -0.4 is 4.90 Å². The highest BCUT2D eigenvalue weighted by Gasteiger charge is 2.56. The molecule has 0 unspecified atom stereocenters. The summed E-state index contributed by atoms with van der Waals surface area (Å²) in [5.74, 6) is -2.22. The maximum absolute atomic E-state index is 12.9. The molecule has 0 saturated carbocycles. The molecule has 27 heavy (non-hydrogen) atoms. The second kappa shape index (κ2) is 6.33.